The minimum Gasteiger partial charge on any atom is -0.465 e. The van der Waals surface area contributed by atoms with E-state index in [2.05, 4.69) is 13.2 Å². The normalized spacial score (nSPS) is 33.9. The number of carbonyl (C=O) groups is 3. The van der Waals surface area contributed by atoms with Gasteiger partial charge in [0.05, 0.1) is 30.8 Å². The lowest BCUT2D eigenvalue weighted by atomic mass is 9.66. The molecule has 4 rings (SSSR count). The van der Waals surface area contributed by atoms with Crippen molar-refractivity contribution in [2.75, 3.05) is 19.8 Å². The van der Waals surface area contributed by atoms with Crippen LogP contribution in [0.1, 0.15) is 72.1 Å². The second-order valence-corrected chi connectivity index (χ2v) is 11.8. The third kappa shape index (κ3) is 4.54. The molecule has 6 atom stereocenters. The van der Waals surface area contributed by atoms with Gasteiger partial charge in [-0.15, -0.1) is 13.2 Å². The van der Waals surface area contributed by atoms with Crippen LogP contribution < -0.4 is 0 Å². The molecule has 0 aromatic heterocycles. The molecule has 4 fully saturated rings. The van der Waals surface area contributed by atoms with E-state index in [1.165, 1.54) is 0 Å². The lowest BCUT2D eigenvalue weighted by molar-refractivity contribution is -0.163. The van der Waals surface area contributed by atoms with Crippen LogP contribution in [0.4, 0.5) is 0 Å². The Labute approximate surface area is 221 Å². The van der Waals surface area contributed by atoms with E-state index in [1.54, 1.807) is 17.1 Å². The SMILES string of the molecule is C=CCCOC(=O)[C@@H]1[C@H]2C(=O)N([C@@H](CO)C(C)C)C(C(=O)N(CC=C)C3CCCCC3)C23CC[C@@]1(C)O3. The third-order valence-electron chi connectivity index (χ3n) is 9.21. The van der Waals surface area contributed by atoms with Crippen LogP contribution in [-0.4, -0.2) is 81.8 Å². The van der Waals surface area contributed by atoms with Crippen molar-refractivity contribution in [1.29, 1.82) is 0 Å². The number of carbonyl (C=O) groups excluding carboxylic acids is 3. The molecular formula is C29H44N2O6. The molecule has 3 heterocycles. The van der Waals surface area contributed by atoms with E-state index in [1.807, 2.05) is 25.7 Å². The maximum Gasteiger partial charge on any atom is 0.312 e. The topological polar surface area (TPSA) is 96.4 Å². The maximum atomic E-state index is 14.5. The van der Waals surface area contributed by atoms with Crippen LogP contribution in [0.15, 0.2) is 25.3 Å². The van der Waals surface area contributed by atoms with Crippen molar-refractivity contribution in [3.63, 3.8) is 0 Å². The van der Waals surface area contributed by atoms with Gasteiger partial charge in [-0.25, -0.2) is 0 Å². The van der Waals surface area contributed by atoms with E-state index >= 15 is 0 Å². The number of amides is 2. The zero-order chi connectivity index (χ0) is 27.0. The first-order chi connectivity index (χ1) is 17.7. The van der Waals surface area contributed by atoms with Gasteiger partial charge in [-0.1, -0.05) is 45.3 Å². The number of esters is 1. The molecule has 2 amide bonds. The molecule has 206 valence electrons. The van der Waals surface area contributed by atoms with Crippen LogP contribution in [0, 0.1) is 17.8 Å². The fourth-order valence-electron chi connectivity index (χ4n) is 7.42. The number of fused-ring (bicyclic) bond motifs is 1. The van der Waals surface area contributed by atoms with Crippen LogP contribution >= 0.6 is 0 Å². The van der Waals surface area contributed by atoms with Gasteiger partial charge in [0.25, 0.3) is 0 Å². The van der Waals surface area contributed by atoms with Crippen LogP contribution in [-0.2, 0) is 23.9 Å². The average molecular weight is 517 g/mol. The molecule has 3 saturated heterocycles. The first kappa shape index (κ1) is 27.8. The van der Waals surface area contributed by atoms with Gasteiger partial charge in [0, 0.05) is 12.6 Å². The number of hydrogen-bond donors (Lipinski definition) is 1. The molecule has 2 bridgehead atoms. The molecular weight excluding hydrogens is 472 g/mol. The second-order valence-electron chi connectivity index (χ2n) is 11.8. The van der Waals surface area contributed by atoms with Gasteiger partial charge in [-0.05, 0) is 44.9 Å². The van der Waals surface area contributed by atoms with E-state index in [9.17, 15) is 19.5 Å². The highest BCUT2D eigenvalue weighted by Crippen LogP contribution is 2.64. The quantitative estimate of drug-likeness (QED) is 0.257. The largest absolute Gasteiger partial charge is 0.465 e. The zero-order valence-corrected chi connectivity index (χ0v) is 22.7. The van der Waals surface area contributed by atoms with Crippen LogP contribution in [0.25, 0.3) is 0 Å². The smallest absolute Gasteiger partial charge is 0.312 e. The molecule has 37 heavy (non-hydrogen) atoms. The summed E-state index contributed by atoms with van der Waals surface area (Å²) < 4.78 is 12.3. The van der Waals surface area contributed by atoms with Gasteiger partial charge in [0.15, 0.2) is 0 Å². The van der Waals surface area contributed by atoms with Crippen molar-refractivity contribution >= 4 is 17.8 Å². The van der Waals surface area contributed by atoms with Gasteiger partial charge >= 0.3 is 5.97 Å². The molecule has 2 unspecified atom stereocenters. The number of aliphatic hydroxyl groups is 1. The predicted molar refractivity (Wildman–Crippen MR) is 139 cm³/mol. The summed E-state index contributed by atoms with van der Waals surface area (Å²) in [5.74, 6) is -2.62. The standard InChI is InChI=1S/C29H44N2O6/c1-6-8-17-36-27(35)23-22-25(33)31(21(18-32)19(3)4)24(29(22)15-14-28(23,5)37-29)26(34)30(16-7-2)20-12-10-9-11-13-20/h6-7,19-24,32H,1-2,8-18H2,3-5H3/t21-,22-,23-,24?,28+,29?/m0/s1. The van der Waals surface area contributed by atoms with Crippen molar-refractivity contribution in [2.45, 2.75) is 101 Å². The van der Waals surface area contributed by atoms with Crippen LogP contribution in [0.5, 0.6) is 0 Å². The molecule has 8 heteroatoms. The van der Waals surface area contributed by atoms with Crippen LogP contribution in [0.2, 0.25) is 0 Å². The van der Waals surface area contributed by atoms with Crippen molar-refractivity contribution in [1.82, 2.24) is 9.80 Å². The Morgan fingerprint density at radius 3 is 2.51 bits per heavy atom. The molecule has 1 N–H and O–H groups in total. The fraction of sp³-hybridized carbons (Fsp3) is 0.759. The Hall–Kier alpha value is -2.19. The number of rotatable bonds is 11. The fourth-order valence-corrected chi connectivity index (χ4v) is 7.42. The van der Waals surface area contributed by atoms with Crippen molar-refractivity contribution in [3.05, 3.63) is 25.3 Å². The second kappa shape index (κ2) is 10.9. The summed E-state index contributed by atoms with van der Waals surface area (Å²) in [4.78, 5) is 45.6. The number of ether oxygens (including phenoxy) is 2. The summed E-state index contributed by atoms with van der Waals surface area (Å²) in [6.07, 6.45) is 10.1. The van der Waals surface area contributed by atoms with E-state index in [-0.39, 0.29) is 37.0 Å². The van der Waals surface area contributed by atoms with Gasteiger partial charge in [0.2, 0.25) is 11.8 Å². The summed E-state index contributed by atoms with van der Waals surface area (Å²) in [6, 6.07) is -1.39. The molecule has 8 nitrogen and oxygen atoms in total. The number of hydrogen-bond acceptors (Lipinski definition) is 6. The Balaban J connectivity index is 1.77. The molecule has 0 radical (unpaired) electrons. The van der Waals surface area contributed by atoms with E-state index in [4.69, 9.17) is 9.47 Å². The molecule has 0 aromatic rings. The minimum absolute atomic E-state index is 0.0760. The van der Waals surface area contributed by atoms with Crippen molar-refractivity contribution in [3.8, 4) is 0 Å². The molecule has 3 aliphatic heterocycles. The van der Waals surface area contributed by atoms with Gasteiger partial charge in [-0.2, -0.15) is 0 Å². The van der Waals surface area contributed by atoms with Gasteiger partial charge in [0.1, 0.15) is 17.6 Å². The summed E-state index contributed by atoms with van der Waals surface area (Å²) >= 11 is 0. The van der Waals surface area contributed by atoms with Gasteiger partial charge in [-0.3, -0.25) is 14.4 Å². The molecule has 1 spiro atoms. The Kier molecular flexibility index (Phi) is 8.19. The molecule has 1 aliphatic carbocycles. The minimum atomic E-state index is -1.12. The third-order valence-corrected chi connectivity index (χ3v) is 9.21. The Morgan fingerprint density at radius 2 is 1.92 bits per heavy atom. The summed E-state index contributed by atoms with van der Waals surface area (Å²) in [6.45, 7) is 13.6. The summed E-state index contributed by atoms with van der Waals surface area (Å²) in [5, 5.41) is 10.4. The number of nitrogens with zero attached hydrogens (tertiary/aromatic N) is 2. The first-order valence-electron chi connectivity index (χ1n) is 14.0. The zero-order valence-electron chi connectivity index (χ0n) is 22.7. The van der Waals surface area contributed by atoms with E-state index in [0.717, 1.165) is 32.1 Å². The molecule has 0 aromatic carbocycles. The maximum absolute atomic E-state index is 14.5. The summed E-state index contributed by atoms with van der Waals surface area (Å²) in [7, 11) is 0. The van der Waals surface area contributed by atoms with E-state index in [0.29, 0.717) is 25.8 Å². The number of aliphatic hydroxyl groups excluding tert-OH is 1. The highest BCUT2D eigenvalue weighted by atomic mass is 16.6. The average Bonchev–Trinajstić information content (AvgIpc) is 3.44. The summed E-state index contributed by atoms with van der Waals surface area (Å²) in [5.41, 5.74) is -2.00. The molecule has 4 aliphatic rings. The lowest BCUT2D eigenvalue weighted by Crippen LogP contribution is -2.61. The van der Waals surface area contributed by atoms with Crippen molar-refractivity contribution < 1.29 is 29.0 Å². The highest BCUT2D eigenvalue weighted by Gasteiger charge is 2.79. The monoisotopic (exact) mass is 516 g/mol. The molecule has 1 saturated carbocycles. The Morgan fingerprint density at radius 1 is 1.22 bits per heavy atom. The number of likely N-dealkylation sites (tertiary alicyclic amines) is 1. The first-order valence-corrected chi connectivity index (χ1v) is 14.0. The van der Waals surface area contributed by atoms with E-state index < -0.39 is 41.1 Å². The Bertz CT molecular complexity index is 914. The highest BCUT2D eigenvalue weighted by molar-refractivity contribution is 5.99. The lowest BCUT2D eigenvalue weighted by Gasteiger charge is -2.43. The van der Waals surface area contributed by atoms with Gasteiger partial charge < -0.3 is 24.4 Å². The van der Waals surface area contributed by atoms with Crippen molar-refractivity contribution in [2.24, 2.45) is 17.8 Å². The van der Waals surface area contributed by atoms with Crippen LogP contribution in [0.3, 0.4) is 0 Å². The predicted octanol–water partition coefficient (Wildman–Crippen LogP) is 3.23.